The molecule has 3 aromatic rings. The summed E-state index contributed by atoms with van der Waals surface area (Å²) in [6.45, 7) is 3.91. The van der Waals surface area contributed by atoms with Gasteiger partial charge < -0.3 is 20.1 Å². The van der Waals surface area contributed by atoms with Gasteiger partial charge in [-0.2, -0.15) is 0 Å². The van der Waals surface area contributed by atoms with Crippen molar-refractivity contribution in [1.29, 1.82) is 0 Å². The van der Waals surface area contributed by atoms with Crippen LogP contribution in [-0.2, 0) is 0 Å². The lowest BCUT2D eigenvalue weighted by molar-refractivity contribution is -0.383. The minimum Gasteiger partial charge on any atom is -0.497 e. The van der Waals surface area contributed by atoms with Gasteiger partial charge >= 0.3 is 5.69 Å². The van der Waals surface area contributed by atoms with E-state index < -0.39 is 4.92 Å². The van der Waals surface area contributed by atoms with Crippen LogP contribution in [0.2, 0.25) is 0 Å². The first-order valence-electron chi connectivity index (χ1n) is 8.75. The van der Waals surface area contributed by atoms with Gasteiger partial charge in [0, 0.05) is 11.8 Å². The van der Waals surface area contributed by atoms with E-state index in [0.717, 1.165) is 11.1 Å². The third kappa shape index (κ3) is 4.52. The van der Waals surface area contributed by atoms with Crippen molar-refractivity contribution in [3.05, 3.63) is 64.0 Å². The van der Waals surface area contributed by atoms with Crippen LogP contribution in [-0.4, -0.2) is 29.1 Å². The monoisotopic (exact) mass is 395 g/mol. The van der Waals surface area contributed by atoms with Gasteiger partial charge in [0.05, 0.1) is 24.8 Å². The van der Waals surface area contributed by atoms with Gasteiger partial charge in [-0.15, -0.1) is 0 Å². The number of nitrogens with one attached hydrogen (secondary N) is 2. The van der Waals surface area contributed by atoms with Crippen LogP contribution in [0.3, 0.4) is 0 Å². The molecule has 0 unspecified atom stereocenters. The molecule has 150 valence electrons. The number of rotatable bonds is 7. The molecule has 9 nitrogen and oxygen atoms in total. The molecule has 2 N–H and O–H groups in total. The van der Waals surface area contributed by atoms with Crippen LogP contribution in [0.25, 0.3) is 0 Å². The predicted molar refractivity (Wildman–Crippen MR) is 111 cm³/mol. The van der Waals surface area contributed by atoms with E-state index in [0.29, 0.717) is 22.9 Å². The molecule has 0 amide bonds. The van der Waals surface area contributed by atoms with Crippen LogP contribution < -0.4 is 20.1 Å². The number of aromatic nitrogens is 2. The van der Waals surface area contributed by atoms with Crippen molar-refractivity contribution in [2.45, 2.75) is 13.8 Å². The number of methoxy groups -OCH3 is 2. The highest BCUT2D eigenvalue weighted by molar-refractivity contribution is 5.78. The summed E-state index contributed by atoms with van der Waals surface area (Å²) in [5.74, 6) is 1.17. The number of aryl methyl sites for hydroxylation is 2. The number of hydrogen-bond donors (Lipinski definition) is 2. The normalized spacial score (nSPS) is 10.3. The second kappa shape index (κ2) is 8.42. The van der Waals surface area contributed by atoms with Crippen molar-refractivity contribution >= 4 is 28.7 Å². The van der Waals surface area contributed by atoms with E-state index >= 15 is 0 Å². The Kier molecular flexibility index (Phi) is 5.77. The molecule has 0 spiro atoms. The number of benzene rings is 2. The molecule has 0 saturated carbocycles. The Balaban J connectivity index is 2.03. The Labute approximate surface area is 167 Å². The molecule has 0 aliphatic carbocycles. The van der Waals surface area contributed by atoms with Gasteiger partial charge in [-0.3, -0.25) is 10.1 Å². The number of nitrogens with zero attached hydrogens (tertiary/aromatic N) is 3. The molecule has 1 heterocycles. The van der Waals surface area contributed by atoms with Gasteiger partial charge in [0.1, 0.15) is 17.8 Å². The van der Waals surface area contributed by atoms with E-state index in [-0.39, 0.29) is 17.3 Å². The highest BCUT2D eigenvalue weighted by Crippen LogP contribution is 2.37. The highest BCUT2D eigenvalue weighted by atomic mass is 16.6. The van der Waals surface area contributed by atoms with E-state index in [1.807, 2.05) is 32.0 Å². The van der Waals surface area contributed by atoms with Crippen molar-refractivity contribution in [2.24, 2.45) is 0 Å². The van der Waals surface area contributed by atoms with Crippen molar-refractivity contribution in [1.82, 2.24) is 9.97 Å². The smallest absolute Gasteiger partial charge is 0.353 e. The van der Waals surface area contributed by atoms with Crippen LogP contribution in [0.4, 0.5) is 28.7 Å². The Morgan fingerprint density at radius 1 is 0.931 bits per heavy atom. The second-order valence-corrected chi connectivity index (χ2v) is 6.37. The summed E-state index contributed by atoms with van der Waals surface area (Å²) >= 11 is 0. The third-order valence-electron chi connectivity index (χ3n) is 4.15. The maximum Gasteiger partial charge on any atom is 0.353 e. The first-order chi connectivity index (χ1) is 13.9. The van der Waals surface area contributed by atoms with Crippen molar-refractivity contribution < 1.29 is 14.4 Å². The molecule has 0 fully saturated rings. The third-order valence-corrected chi connectivity index (χ3v) is 4.15. The molecule has 0 radical (unpaired) electrons. The molecule has 0 aliphatic rings. The van der Waals surface area contributed by atoms with E-state index in [1.165, 1.54) is 20.5 Å². The van der Waals surface area contributed by atoms with Crippen LogP contribution in [0, 0.1) is 24.0 Å². The first-order valence-corrected chi connectivity index (χ1v) is 8.75. The summed E-state index contributed by atoms with van der Waals surface area (Å²) in [5, 5.41) is 17.8. The Morgan fingerprint density at radius 3 is 2.17 bits per heavy atom. The number of hydrogen-bond acceptors (Lipinski definition) is 8. The van der Waals surface area contributed by atoms with Crippen LogP contribution >= 0.6 is 0 Å². The lowest BCUT2D eigenvalue weighted by atomic mass is 10.1. The van der Waals surface area contributed by atoms with Crippen molar-refractivity contribution in [3.8, 4) is 11.5 Å². The molecule has 0 aliphatic heterocycles. The van der Waals surface area contributed by atoms with E-state index in [1.54, 1.807) is 18.2 Å². The first kappa shape index (κ1) is 19.9. The molecular formula is C20H21N5O4. The minimum absolute atomic E-state index is 0.0310. The zero-order valence-electron chi connectivity index (χ0n) is 16.5. The quantitative estimate of drug-likeness (QED) is 0.444. The van der Waals surface area contributed by atoms with Crippen LogP contribution in [0.15, 0.2) is 42.7 Å². The lowest BCUT2D eigenvalue weighted by Gasteiger charge is -2.14. The standard InChI is InChI=1S/C20H21N5O4/c1-12-7-13(2)9-14(8-12)23-19-18(25(26)27)20(22-11-21-19)24-16-10-15(28-3)5-6-17(16)29-4/h5-11H,1-4H3,(H2,21,22,23,24). The van der Waals surface area contributed by atoms with Gasteiger partial charge in [-0.1, -0.05) is 6.07 Å². The molecule has 0 atom stereocenters. The second-order valence-electron chi connectivity index (χ2n) is 6.37. The molecule has 0 bridgehead atoms. The number of ether oxygens (including phenoxy) is 2. The average Bonchev–Trinajstić information content (AvgIpc) is 2.67. The van der Waals surface area contributed by atoms with E-state index in [2.05, 4.69) is 20.6 Å². The Bertz CT molecular complexity index is 1030. The predicted octanol–water partition coefficient (Wildman–Crippen LogP) is 4.51. The fourth-order valence-corrected chi connectivity index (χ4v) is 2.96. The maximum atomic E-state index is 11.8. The van der Waals surface area contributed by atoms with Gasteiger partial charge in [-0.25, -0.2) is 9.97 Å². The summed E-state index contributed by atoms with van der Waals surface area (Å²) in [6, 6.07) is 10.9. The highest BCUT2D eigenvalue weighted by Gasteiger charge is 2.24. The molecule has 9 heteroatoms. The summed E-state index contributed by atoms with van der Waals surface area (Å²) in [5.41, 5.74) is 2.96. The van der Waals surface area contributed by atoms with E-state index in [9.17, 15) is 10.1 Å². The van der Waals surface area contributed by atoms with Gasteiger partial charge in [0.2, 0.25) is 11.6 Å². The largest absolute Gasteiger partial charge is 0.497 e. The molecule has 2 aromatic carbocycles. The molecule has 3 rings (SSSR count). The minimum atomic E-state index is -0.528. The zero-order chi connectivity index (χ0) is 21.0. The van der Waals surface area contributed by atoms with Gasteiger partial charge in [-0.05, 0) is 49.2 Å². The average molecular weight is 395 g/mol. The molecule has 0 saturated heterocycles. The molecular weight excluding hydrogens is 374 g/mol. The van der Waals surface area contributed by atoms with Gasteiger partial charge in [0.15, 0.2) is 0 Å². The van der Waals surface area contributed by atoms with Crippen LogP contribution in [0.5, 0.6) is 11.5 Å². The fourth-order valence-electron chi connectivity index (χ4n) is 2.96. The topological polar surface area (TPSA) is 111 Å². The van der Waals surface area contributed by atoms with Crippen LogP contribution in [0.1, 0.15) is 11.1 Å². The lowest BCUT2D eigenvalue weighted by Crippen LogP contribution is -2.06. The maximum absolute atomic E-state index is 11.8. The van der Waals surface area contributed by atoms with Crippen molar-refractivity contribution in [2.75, 3.05) is 24.9 Å². The number of nitro groups is 1. The number of anilines is 4. The summed E-state index contributed by atoms with van der Waals surface area (Å²) in [6.07, 6.45) is 1.26. The Morgan fingerprint density at radius 2 is 1.59 bits per heavy atom. The molecule has 1 aromatic heterocycles. The van der Waals surface area contributed by atoms with E-state index in [4.69, 9.17) is 9.47 Å². The fraction of sp³-hybridized carbons (Fsp3) is 0.200. The molecule has 29 heavy (non-hydrogen) atoms. The van der Waals surface area contributed by atoms with Crippen molar-refractivity contribution in [3.63, 3.8) is 0 Å². The van der Waals surface area contributed by atoms with Gasteiger partial charge in [0.25, 0.3) is 0 Å². The Hall–Kier alpha value is -3.88. The SMILES string of the molecule is COc1ccc(OC)c(Nc2ncnc(Nc3cc(C)cc(C)c3)c2[N+](=O)[O-])c1. The summed E-state index contributed by atoms with van der Waals surface area (Å²) in [7, 11) is 3.04. The summed E-state index contributed by atoms with van der Waals surface area (Å²) in [4.78, 5) is 19.4. The summed E-state index contributed by atoms with van der Waals surface area (Å²) < 4.78 is 10.5. The zero-order valence-corrected chi connectivity index (χ0v) is 16.5.